The van der Waals surface area contributed by atoms with Gasteiger partial charge in [0.1, 0.15) is 5.82 Å². The maximum Gasteiger partial charge on any atom is 0.251 e. The van der Waals surface area contributed by atoms with E-state index in [1.165, 1.54) is 0 Å². The van der Waals surface area contributed by atoms with Gasteiger partial charge in [0.2, 0.25) is 0 Å². The molecule has 0 unspecified atom stereocenters. The molecule has 0 bridgehead atoms. The van der Waals surface area contributed by atoms with Gasteiger partial charge >= 0.3 is 0 Å². The molecule has 0 aliphatic heterocycles. The average Bonchev–Trinajstić information content (AvgIpc) is 2.88. The molecule has 0 saturated heterocycles. The molecule has 0 saturated carbocycles. The number of anilines is 1. The monoisotopic (exact) mass is 245 g/mol. The van der Waals surface area contributed by atoms with Crippen LogP contribution in [0.15, 0.2) is 35.1 Å². The first kappa shape index (κ1) is 12.2. The molecule has 1 amide bonds. The summed E-state index contributed by atoms with van der Waals surface area (Å²) in [5.41, 5.74) is 2.33. The van der Waals surface area contributed by atoms with E-state index >= 15 is 0 Å². The van der Waals surface area contributed by atoms with Crippen molar-refractivity contribution in [3.63, 3.8) is 0 Å². The van der Waals surface area contributed by atoms with Gasteiger partial charge in [-0.3, -0.25) is 4.79 Å². The van der Waals surface area contributed by atoms with Crippen LogP contribution in [0.4, 0.5) is 5.82 Å². The number of hydrogen-bond acceptors (Lipinski definition) is 4. The number of aryl methyl sites for hydroxylation is 1. The van der Waals surface area contributed by atoms with E-state index in [1.54, 1.807) is 31.7 Å². The van der Waals surface area contributed by atoms with E-state index < -0.39 is 0 Å². The number of carbonyl (C=O) groups excluding carboxylic acids is 1. The lowest BCUT2D eigenvalue weighted by Gasteiger charge is -2.07. The summed E-state index contributed by atoms with van der Waals surface area (Å²) in [6.07, 6.45) is 3.19. The van der Waals surface area contributed by atoms with E-state index in [0.29, 0.717) is 17.9 Å². The maximum atomic E-state index is 12.0. The second kappa shape index (κ2) is 5.35. The van der Waals surface area contributed by atoms with Crippen LogP contribution in [-0.2, 0) is 6.54 Å². The van der Waals surface area contributed by atoms with Gasteiger partial charge in [-0.1, -0.05) is 0 Å². The highest BCUT2D eigenvalue weighted by molar-refractivity contribution is 5.94. The summed E-state index contributed by atoms with van der Waals surface area (Å²) in [5, 5.41) is 5.75. The van der Waals surface area contributed by atoms with Gasteiger partial charge in [-0.2, -0.15) is 0 Å². The largest absolute Gasteiger partial charge is 0.472 e. The number of amides is 1. The molecule has 2 N–H and O–H groups in total. The smallest absolute Gasteiger partial charge is 0.251 e. The number of nitrogens with zero attached hydrogens (tertiary/aromatic N) is 1. The Kier molecular flexibility index (Phi) is 3.62. The molecule has 0 spiro atoms. The maximum absolute atomic E-state index is 12.0. The first-order valence-corrected chi connectivity index (χ1v) is 5.65. The fraction of sp³-hybridized carbons (Fsp3) is 0.231. The molecule has 2 aromatic heterocycles. The molecule has 0 aromatic carbocycles. The van der Waals surface area contributed by atoms with Gasteiger partial charge in [-0.25, -0.2) is 4.98 Å². The number of carbonyl (C=O) groups is 1. The predicted octanol–water partition coefficient (Wildman–Crippen LogP) is 1.95. The van der Waals surface area contributed by atoms with Crippen LogP contribution in [-0.4, -0.2) is 17.9 Å². The molecule has 2 rings (SSSR count). The number of furan rings is 1. The van der Waals surface area contributed by atoms with Crippen molar-refractivity contribution < 1.29 is 9.21 Å². The van der Waals surface area contributed by atoms with Crippen LogP contribution in [0.2, 0.25) is 0 Å². The summed E-state index contributed by atoms with van der Waals surface area (Å²) in [4.78, 5) is 16.2. The van der Waals surface area contributed by atoms with Gasteiger partial charge in [0.25, 0.3) is 5.91 Å². The van der Waals surface area contributed by atoms with Crippen LogP contribution in [0, 0.1) is 6.92 Å². The van der Waals surface area contributed by atoms with Gasteiger partial charge in [0.15, 0.2) is 0 Å². The van der Waals surface area contributed by atoms with Crippen LogP contribution >= 0.6 is 0 Å². The number of hydrogen-bond donors (Lipinski definition) is 2. The molecule has 2 heterocycles. The Balaban J connectivity index is 2.06. The fourth-order valence-electron chi connectivity index (χ4n) is 1.61. The Morgan fingerprint density at radius 3 is 2.94 bits per heavy atom. The fourth-order valence-corrected chi connectivity index (χ4v) is 1.61. The zero-order valence-corrected chi connectivity index (χ0v) is 10.4. The van der Waals surface area contributed by atoms with E-state index in [4.69, 9.17) is 4.42 Å². The quantitative estimate of drug-likeness (QED) is 0.864. The second-order valence-corrected chi connectivity index (χ2v) is 3.95. The summed E-state index contributed by atoms with van der Waals surface area (Å²) in [7, 11) is 1.77. The van der Waals surface area contributed by atoms with Crippen LogP contribution in [0.25, 0.3) is 0 Å². The Labute approximate surface area is 105 Å². The normalized spacial score (nSPS) is 10.1. The zero-order valence-electron chi connectivity index (χ0n) is 10.4. The molecule has 0 aliphatic rings. The highest BCUT2D eigenvalue weighted by atomic mass is 16.3. The lowest BCUT2D eigenvalue weighted by molar-refractivity contribution is 0.0950. The van der Waals surface area contributed by atoms with Crippen molar-refractivity contribution in [2.24, 2.45) is 0 Å². The Morgan fingerprint density at radius 2 is 2.28 bits per heavy atom. The predicted molar refractivity (Wildman–Crippen MR) is 68.4 cm³/mol. The number of aromatic nitrogens is 1. The molecule has 0 atom stereocenters. The van der Waals surface area contributed by atoms with Crippen LogP contribution in [0.3, 0.4) is 0 Å². The van der Waals surface area contributed by atoms with Gasteiger partial charge in [-0.15, -0.1) is 0 Å². The number of nitrogens with one attached hydrogen (secondary N) is 2. The van der Waals surface area contributed by atoms with E-state index in [0.717, 1.165) is 11.3 Å². The third-order valence-electron chi connectivity index (χ3n) is 2.50. The van der Waals surface area contributed by atoms with Crippen molar-refractivity contribution in [2.45, 2.75) is 13.5 Å². The molecule has 5 nitrogen and oxygen atoms in total. The number of pyridine rings is 1. The van der Waals surface area contributed by atoms with Gasteiger partial charge in [-0.05, 0) is 25.1 Å². The minimum absolute atomic E-state index is 0.127. The molecule has 0 aliphatic carbocycles. The summed E-state index contributed by atoms with van der Waals surface area (Å²) < 4.78 is 4.94. The van der Waals surface area contributed by atoms with E-state index in [1.807, 2.05) is 13.0 Å². The van der Waals surface area contributed by atoms with Crippen LogP contribution in [0.5, 0.6) is 0 Å². The van der Waals surface area contributed by atoms with Crippen molar-refractivity contribution in [3.8, 4) is 0 Å². The van der Waals surface area contributed by atoms with Crippen molar-refractivity contribution in [3.05, 3.63) is 47.5 Å². The standard InChI is InChI=1S/C13H15N3O2/c1-9-5-11(6-12(14-2)16-9)13(17)15-7-10-3-4-18-8-10/h3-6,8H,7H2,1-2H3,(H,14,16)(H,15,17). The Morgan fingerprint density at radius 1 is 1.44 bits per heavy atom. The summed E-state index contributed by atoms with van der Waals surface area (Å²) in [6, 6.07) is 5.29. The summed E-state index contributed by atoms with van der Waals surface area (Å²) in [5.74, 6) is 0.557. The molecular formula is C13H15N3O2. The molecule has 5 heteroatoms. The van der Waals surface area contributed by atoms with Crippen LogP contribution in [0.1, 0.15) is 21.6 Å². The second-order valence-electron chi connectivity index (χ2n) is 3.95. The van der Waals surface area contributed by atoms with Crippen molar-refractivity contribution in [2.75, 3.05) is 12.4 Å². The van der Waals surface area contributed by atoms with Gasteiger partial charge < -0.3 is 15.1 Å². The van der Waals surface area contributed by atoms with Crippen LogP contribution < -0.4 is 10.6 Å². The average molecular weight is 245 g/mol. The van der Waals surface area contributed by atoms with Gasteiger partial charge in [0, 0.05) is 30.4 Å². The first-order chi connectivity index (χ1) is 8.69. The lowest BCUT2D eigenvalue weighted by Crippen LogP contribution is -2.22. The number of rotatable bonds is 4. The minimum Gasteiger partial charge on any atom is -0.472 e. The summed E-state index contributed by atoms with van der Waals surface area (Å²) >= 11 is 0. The topological polar surface area (TPSA) is 67.2 Å². The Bertz CT molecular complexity index is 535. The molecule has 0 fully saturated rings. The van der Waals surface area contributed by atoms with Crippen molar-refractivity contribution in [1.82, 2.24) is 10.3 Å². The highest BCUT2D eigenvalue weighted by Crippen LogP contribution is 2.10. The SMILES string of the molecule is CNc1cc(C(=O)NCc2ccoc2)cc(C)n1. The molecule has 94 valence electrons. The van der Waals surface area contributed by atoms with E-state index in [-0.39, 0.29) is 5.91 Å². The van der Waals surface area contributed by atoms with Crippen molar-refractivity contribution in [1.29, 1.82) is 0 Å². The lowest BCUT2D eigenvalue weighted by atomic mass is 10.2. The third-order valence-corrected chi connectivity index (χ3v) is 2.50. The summed E-state index contributed by atoms with van der Waals surface area (Å²) in [6.45, 7) is 2.30. The van der Waals surface area contributed by atoms with E-state index in [2.05, 4.69) is 15.6 Å². The molecule has 2 aromatic rings. The molecular weight excluding hydrogens is 230 g/mol. The first-order valence-electron chi connectivity index (χ1n) is 5.65. The highest BCUT2D eigenvalue weighted by Gasteiger charge is 2.08. The molecule has 18 heavy (non-hydrogen) atoms. The molecule has 0 radical (unpaired) electrons. The third kappa shape index (κ3) is 2.88. The zero-order chi connectivity index (χ0) is 13.0. The Hall–Kier alpha value is -2.30. The van der Waals surface area contributed by atoms with Gasteiger partial charge in [0.05, 0.1) is 12.5 Å². The van der Waals surface area contributed by atoms with E-state index in [9.17, 15) is 4.79 Å². The minimum atomic E-state index is -0.127. The van der Waals surface area contributed by atoms with Crippen molar-refractivity contribution >= 4 is 11.7 Å².